The summed E-state index contributed by atoms with van der Waals surface area (Å²) in [5, 5.41) is 3.49. The molecule has 1 N–H and O–H groups in total. The average Bonchev–Trinajstić information content (AvgIpc) is 2.94. The number of hydrogen-bond acceptors (Lipinski definition) is 2. The van der Waals surface area contributed by atoms with Crippen LogP contribution in [0.3, 0.4) is 0 Å². The summed E-state index contributed by atoms with van der Waals surface area (Å²) in [5.41, 5.74) is 2.24. The lowest BCUT2D eigenvalue weighted by Crippen LogP contribution is -2.12. The highest BCUT2D eigenvalue weighted by molar-refractivity contribution is 6.30. The average molecular weight is 312 g/mol. The fourth-order valence-electron chi connectivity index (χ4n) is 2.19. The van der Waals surface area contributed by atoms with Gasteiger partial charge in [-0.05, 0) is 49.4 Å². The summed E-state index contributed by atoms with van der Waals surface area (Å²) in [7, 11) is 0. The number of halogens is 1. The molecule has 0 bridgehead atoms. The number of aryl methyl sites for hydroxylation is 1. The maximum Gasteiger partial charge on any atom is 0.255 e. The Kier molecular flexibility index (Phi) is 3.94. The first-order chi connectivity index (χ1) is 10.6. The van der Waals surface area contributed by atoms with Crippen molar-refractivity contribution < 1.29 is 4.79 Å². The Hall–Kier alpha value is -2.59. The zero-order chi connectivity index (χ0) is 15.5. The molecule has 2 aromatic carbocycles. The third kappa shape index (κ3) is 3.02. The molecule has 22 heavy (non-hydrogen) atoms. The van der Waals surface area contributed by atoms with Gasteiger partial charge < -0.3 is 9.88 Å². The van der Waals surface area contributed by atoms with Gasteiger partial charge in [0, 0.05) is 34.4 Å². The number of carbonyl (C=O) groups excluding carboxylic acids is 1. The highest BCUT2D eigenvalue weighted by atomic mass is 35.5. The second kappa shape index (κ2) is 6.03. The maximum atomic E-state index is 12.2. The van der Waals surface area contributed by atoms with Crippen LogP contribution in [0, 0.1) is 6.92 Å². The molecule has 5 heteroatoms. The molecule has 110 valence electrons. The molecule has 0 radical (unpaired) electrons. The molecule has 0 aliphatic carbocycles. The van der Waals surface area contributed by atoms with Gasteiger partial charge in [0.15, 0.2) is 0 Å². The summed E-state index contributed by atoms with van der Waals surface area (Å²) in [6, 6.07) is 14.4. The molecule has 3 rings (SSSR count). The first-order valence-electron chi connectivity index (χ1n) is 6.81. The molecule has 3 aromatic rings. The summed E-state index contributed by atoms with van der Waals surface area (Å²) in [6.45, 7) is 1.93. The van der Waals surface area contributed by atoms with Crippen molar-refractivity contribution in [3.8, 4) is 5.69 Å². The molecule has 0 unspecified atom stereocenters. The maximum absolute atomic E-state index is 12.2. The van der Waals surface area contributed by atoms with E-state index in [1.807, 2.05) is 42.0 Å². The van der Waals surface area contributed by atoms with E-state index in [2.05, 4.69) is 10.3 Å². The molecule has 1 heterocycles. The summed E-state index contributed by atoms with van der Waals surface area (Å²) in [6.07, 6.45) is 3.63. The lowest BCUT2D eigenvalue weighted by Gasteiger charge is -2.09. The van der Waals surface area contributed by atoms with Crippen molar-refractivity contribution in [2.75, 3.05) is 5.32 Å². The van der Waals surface area contributed by atoms with Crippen molar-refractivity contribution in [3.05, 3.63) is 77.3 Å². The zero-order valence-electron chi connectivity index (χ0n) is 12.0. The minimum absolute atomic E-state index is 0.170. The predicted molar refractivity (Wildman–Crippen MR) is 87.7 cm³/mol. The molecular formula is C17H14ClN3O. The van der Waals surface area contributed by atoms with Gasteiger partial charge in [-0.25, -0.2) is 4.98 Å². The van der Waals surface area contributed by atoms with Gasteiger partial charge in [-0.2, -0.15) is 0 Å². The second-order valence-corrected chi connectivity index (χ2v) is 5.29. The Bertz CT molecular complexity index is 809. The van der Waals surface area contributed by atoms with Crippen molar-refractivity contribution in [2.24, 2.45) is 0 Å². The van der Waals surface area contributed by atoms with E-state index >= 15 is 0 Å². The number of rotatable bonds is 3. The Morgan fingerprint density at radius 3 is 2.64 bits per heavy atom. The summed E-state index contributed by atoms with van der Waals surface area (Å²) in [4.78, 5) is 16.4. The van der Waals surface area contributed by atoms with Crippen molar-refractivity contribution >= 4 is 23.2 Å². The summed E-state index contributed by atoms with van der Waals surface area (Å²) >= 11 is 5.83. The molecular weight excluding hydrogens is 298 g/mol. The van der Waals surface area contributed by atoms with Crippen LogP contribution in [0.5, 0.6) is 0 Å². The van der Waals surface area contributed by atoms with Gasteiger partial charge in [-0.15, -0.1) is 0 Å². The third-order valence-corrected chi connectivity index (χ3v) is 3.57. The lowest BCUT2D eigenvalue weighted by molar-refractivity contribution is 0.102. The predicted octanol–water partition coefficient (Wildman–Crippen LogP) is 4.09. The number of nitrogens with zero attached hydrogens (tertiary/aromatic N) is 2. The Labute approximate surface area is 133 Å². The van der Waals surface area contributed by atoms with Crippen molar-refractivity contribution in [1.82, 2.24) is 9.55 Å². The van der Waals surface area contributed by atoms with E-state index in [-0.39, 0.29) is 5.91 Å². The smallest absolute Gasteiger partial charge is 0.255 e. The van der Waals surface area contributed by atoms with Crippen LogP contribution in [0.15, 0.2) is 60.9 Å². The van der Waals surface area contributed by atoms with Gasteiger partial charge >= 0.3 is 0 Å². The molecule has 0 atom stereocenters. The number of carbonyl (C=O) groups is 1. The van der Waals surface area contributed by atoms with Crippen LogP contribution in [0.25, 0.3) is 5.69 Å². The molecule has 0 saturated heterocycles. The van der Waals surface area contributed by atoms with Crippen LogP contribution in [0.2, 0.25) is 5.02 Å². The molecule has 1 amide bonds. The molecule has 0 aliphatic heterocycles. The van der Waals surface area contributed by atoms with Crippen LogP contribution in [-0.4, -0.2) is 15.5 Å². The minimum atomic E-state index is -0.170. The van der Waals surface area contributed by atoms with Crippen molar-refractivity contribution in [1.29, 1.82) is 0 Å². The highest BCUT2D eigenvalue weighted by Crippen LogP contribution is 2.17. The third-order valence-electron chi connectivity index (χ3n) is 3.31. The molecule has 1 aromatic heterocycles. The van der Waals surface area contributed by atoms with E-state index < -0.39 is 0 Å². The number of imidazole rings is 1. The van der Waals surface area contributed by atoms with Gasteiger partial charge in [0.25, 0.3) is 5.91 Å². The monoisotopic (exact) mass is 311 g/mol. The first-order valence-corrected chi connectivity index (χ1v) is 7.18. The van der Waals surface area contributed by atoms with E-state index in [9.17, 15) is 4.79 Å². The van der Waals surface area contributed by atoms with E-state index in [0.717, 1.165) is 17.2 Å². The molecule has 0 aliphatic rings. The van der Waals surface area contributed by atoms with Gasteiger partial charge in [0.05, 0.1) is 0 Å². The number of hydrogen-bond donors (Lipinski definition) is 1. The second-order valence-electron chi connectivity index (χ2n) is 4.86. The van der Waals surface area contributed by atoms with Gasteiger partial charge in [0.1, 0.15) is 5.82 Å². The van der Waals surface area contributed by atoms with E-state index in [0.29, 0.717) is 10.6 Å². The number of anilines is 1. The number of aromatic nitrogens is 2. The van der Waals surface area contributed by atoms with Crippen LogP contribution < -0.4 is 5.32 Å². The lowest BCUT2D eigenvalue weighted by atomic mass is 10.2. The minimum Gasteiger partial charge on any atom is -0.322 e. The van der Waals surface area contributed by atoms with Crippen LogP contribution in [0.4, 0.5) is 5.69 Å². The Morgan fingerprint density at radius 1 is 1.18 bits per heavy atom. The Morgan fingerprint density at radius 2 is 1.95 bits per heavy atom. The highest BCUT2D eigenvalue weighted by Gasteiger charge is 2.07. The van der Waals surface area contributed by atoms with Crippen molar-refractivity contribution in [3.63, 3.8) is 0 Å². The molecule has 0 saturated carbocycles. The van der Waals surface area contributed by atoms with Crippen LogP contribution >= 0.6 is 11.6 Å². The fourth-order valence-corrected chi connectivity index (χ4v) is 2.31. The Balaban J connectivity index is 1.82. The standard InChI is InChI=1S/C17H14ClN3O/c1-12-19-9-10-21(12)16-4-2-3-15(11-16)20-17(22)13-5-7-14(18)8-6-13/h2-11H,1H3,(H,20,22). The topological polar surface area (TPSA) is 46.9 Å². The number of benzene rings is 2. The normalized spacial score (nSPS) is 10.5. The van der Waals surface area contributed by atoms with Crippen LogP contribution in [0.1, 0.15) is 16.2 Å². The largest absolute Gasteiger partial charge is 0.322 e. The molecule has 0 spiro atoms. The van der Waals surface area contributed by atoms with Gasteiger partial charge in [-0.1, -0.05) is 17.7 Å². The van der Waals surface area contributed by atoms with E-state index in [1.54, 1.807) is 30.5 Å². The van der Waals surface area contributed by atoms with Crippen molar-refractivity contribution in [2.45, 2.75) is 6.92 Å². The summed E-state index contributed by atoms with van der Waals surface area (Å²) in [5.74, 6) is 0.720. The number of nitrogens with one attached hydrogen (secondary N) is 1. The molecule has 0 fully saturated rings. The summed E-state index contributed by atoms with van der Waals surface area (Å²) < 4.78 is 1.96. The van der Waals surface area contributed by atoms with Crippen LogP contribution in [-0.2, 0) is 0 Å². The fraction of sp³-hybridized carbons (Fsp3) is 0.0588. The number of amides is 1. The first kappa shape index (κ1) is 14.4. The van der Waals surface area contributed by atoms with Gasteiger partial charge in [-0.3, -0.25) is 4.79 Å². The van der Waals surface area contributed by atoms with Gasteiger partial charge in [0.2, 0.25) is 0 Å². The quantitative estimate of drug-likeness (QED) is 0.792. The van der Waals surface area contributed by atoms with E-state index in [1.165, 1.54) is 0 Å². The zero-order valence-corrected chi connectivity index (χ0v) is 12.7. The molecule has 4 nitrogen and oxygen atoms in total. The van der Waals surface area contributed by atoms with E-state index in [4.69, 9.17) is 11.6 Å². The SMILES string of the molecule is Cc1nccn1-c1cccc(NC(=O)c2ccc(Cl)cc2)c1.